The summed E-state index contributed by atoms with van der Waals surface area (Å²) in [6, 6.07) is 22.7. The molecule has 3 N–H and O–H groups in total. The third kappa shape index (κ3) is 8.80. The number of nitrogens with one attached hydrogen (secondary N) is 2. The number of hydrogen-bond donors (Lipinski definition) is 3. The second-order valence-electron chi connectivity index (χ2n) is 9.78. The summed E-state index contributed by atoms with van der Waals surface area (Å²) in [5.41, 5.74) is 3.83. The van der Waals surface area contributed by atoms with Crippen molar-refractivity contribution in [2.24, 2.45) is 0 Å². The van der Waals surface area contributed by atoms with Gasteiger partial charge in [-0.1, -0.05) is 67.1 Å². The lowest BCUT2D eigenvalue weighted by molar-refractivity contribution is -0.117. The molecule has 0 unspecified atom stereocenters. The third-order valence-corrected chi connectivity index (χ3v) is 8.23. The number of amides is 1. The van der Waals surface area contributed by atoms with Gasteiger partial charge in [0, 0.05) is 13.5 Å². The molecular formula is C30H37ClN2O5S. The molecule has 9 heteroatoms. The van der Waals surface area contributed by atoms with E-state index in [9.17, 15) is 18.3 Å². The minimum absolute atomic E-state index is 0. The van der Waals surface area contributed by atoms with Gasteiger partial charge in [-0.3, -0.25) is 4.79 Å². The van der Waals surface area contributed by atoms with E-state index < -0.39 is 22.0 Å². The Balaban J connectivity index is 0.00000420. The van der Waals surface area contributed by atoms with Crippen LogP contribution in [0.25, 0.3) is 11.1 Å². The Labute approximate surface area is 237 Å². The third-order valence-electron chi connectivity index (χ3n) is 6.76. The van der Waals surface area contributed by atoms with E-state index in [0.717, 1.165) is 67.3 Å². The van der Waals surface area contributed by atoms with Crippen LogP contribution >= 0.6 is 12.4 Å². The summed E-state index contributed by atoms with van der Waals surface area (Å²) >= 11 is 0. The van der Waals surface area contributed by atoms with Crippen LogP contribution in [0.1, 0.15) is 56.3 Å². The average molecular weight is 573 g/mol. The Kier molecular flexibility index (Phi) is 11.4. The van der Waals surface area contributed by atoms with Gasteiger partial charge in [0.2, 0.25) is 5.91 Å². The molecule has 210 valence electrons. The Bertz CT molecular complexity index is 1310. The molecule has 1 aliphatic rings. The SMILES string of the molecule is CC(=O)NS(=O)(=O)c1ccc(-c2ccc(CCNC[C@@H](O)c3ccccc3)cc2)cc1OC1CCCCC1.Cl. The lowest BCUT2D eigenvalue weighted by Crippen LogP contribution is -2.29. The fourth-order valence-corrected chi connectivity index (χ4v) is 5.84. The smallest absolute Gasteiger partial charge is 0.267 e. The number of rotatable bonds is 11. The van der Waals surface area contributed by atoms with Crippen molar-refractivity contribution in [2.45, 2.75) is 62.6 Å². The van der Waals surface area contributed by atoms with E-state index >= 15 is 0 Å². The fourth-order valence-electron chi connectivity index (χ4n) is 4.74. The summed E-state index contributed by atoms with van der Waals surface area (Å²) in [4.78, 5) is 11.5. The summed E-state index contributed by atoms with van der Waals surface area (Å²) in [5.74, 6) is -0.370. The highest BCUT2D eigenvalue weighted by atomic mass is 35.5. The van der Waals surface area contributed by atoms with Gasteiger partial charge in [0.1, 0.15) is 10.6 Å². The number of halogens is 1. The molecule has 3 aromatic rings. The van der Waals surface area contributed by atoms with Crippen molar-refractivity contribution in [1.29, 1.82) is 0 Å². The number of ether oxygens (including phenoxy) is 1. The maximum Gasteiger partial charge on any atom is 0.267 e. The Morgan fingerprint density at radius 1 is 0.974 bits per heavy atom. The van der Waals surface area contributed by atoms with Crippen molar-refractivity contribution in [2.75, 3.05) is 13.1 Å². The van der Waals surface area contributed by atoms with Crippen LogP contribution in [0.3, 0.4) is 0 Å². The van der Waals surface area contributed by atoms with E-state index in [0.29, 0.717) is 6.54 Å². The zero-order valence-electron chi connectivity index (χ0n) is 22.1. The van der Waals surface area contributed by atoms with Crippen LogP contribution in [0.4, 0.5) is 0 Å². The predicted molar refractivity (Wildman–Crippen MR) is 156 cm³/mol. The quantitative estimate of drug-likeness (QED) is 0.274. The van der Waals surface area contributed by atoms with Crippen LogP contribution in [-0.2, 0) is 21.2 Å². The van der Waals surface area contributed by atoms with Crippen LogP contribution in [0.5, 0.6) is 5.75 Å². The van der Waals surface area contributed by atoms with E-state index in [2.05, 4.69) is 10.0 Å². The van der Waals surface area contributed by atoms with Crippen molar-refractivity contribution in [1.82, 2.24) is 10.0 Å². The van der Waals surface area contributed by atoms with Gasteiger partial charge in [-0.05, 0) is 73.0 Å². The zero-order valence-corrected chi connectivity index (χ0v) is 23.8. The Hall–Kier alpha value is -2.91. The van der Waals surface area contributed by atoms with Crippen LogP contribution in [0.15, 0.2) is 77.7 Å². The number of hydrogen-bond acceptors (Lipinski definition) is 6. The van der Waals surface area contributed by atoms with E-state index in [4.69, 9.17) is 4.74 Å². The van der Waals surface area contributed by atoms with E-state index in [1.165, 1.54) is 13.0 Å². The van der Waals surface area contributed by atoms with Crippen molar-refractivity contribution in [3.8, 4) is 16.9 Å². The van der Waals surface area contributed by atoms with E-state index in [1.54, 1.807) is 12.1 Å². The number of aliphatic hydroxyl groups excluding tert-OH is 1. The number of aliphatic hydroxyl groups is 1. The maximum absolute atomic E-state index is 12.8. The first-order valence-electron chi connectivity index (χ1n) is 13.2. The molecule has 1 fully saturated rings. The highest BCUT2D eigenvalue weighted by Gasteiger charge is 2.24. The molecule has 3 aromatic carbocycles. The normalized spacial score (nSPS) is 14.7. The molecule has 1 saturated carbocycles. The van der Waals surface area contributed by atoms with Gasteiger partial charge >= 0.3 is 0 Å². The lowest BCUT2D eigenvalue weighted by Gasteiger charge is -2.24. The molecule has 1 amide bonds. The summed E-state index contributed by atoms with van der Waals surface area (Å²) in [7, 11) is -4.03. The van der Waals surface area contributed by atoms with Gasteiger partial charge in [-0.25, -0.2) is 13.1 Å². The molecule has 0 spiro atoms. The molecule has 0 heterocycles. The first-order valence-corrected chi connectivity index (χ1v) is 14.7. The summed E-state index contributed by atoms with van der Waals surface area (Å²) in [6.45, 7) is 2.40. The van der Waals surface area contributed by atoms with Crippen LogP contribution in [0, 0.1) is 0 Å². The average Bonchev–Trinajstić information content (AvgIpc) is 2.91. The maximum atomic E-state index is 12.8. The molecule has 1 atom stereocenters. The lowest BCUT2D eigenvalue weighted by atomic mass is 9.97. The second-order valence-corrected chi connectivity index (χ2v) is 11.4. The zero-order chi connectivity index (χ0) is 27.0. The molecule has 39 heavy (non-hydrogen) atoms. The number of sulfonamides is 1. The topological polar surface area (TPSA) is 105 Å². The van der Waals surface area contributed by atoms with Gasteiger partial charge in [0.15, 0.2) is 0 Å². The largest absolute Gasteiger partial charge is 0.489 e. The molecule has 0 bridgehead atoms. The number of carbonyl (C=O) groups excluding carboxylic acids is 1. The molecule has 0 aromatic heterocycles. The molecule has 0 aliphatic heterocycles. The van der Waals surface area contributed by atoms with E-state index in [-0.39, 0.29) is 29.2 Å². The Morgan fingerprint density at radius 2 is 1.64 bits per heavy atom. The van der Waals surface area contributed by atoms with Crippen molar-refractivity contribution >= 4 is 28.3 Å². The highest BCUT2D eigenvalue weighted by molar-refractivity contribution is 7.90. The molecular weight excluding hydrogens is 536 g/mol. The second kappa shape index (κ2) is 14.5. The van der Waals surface area contributed by atoms with Gasteiger partial charge in [0.05, 0.1) is 12.2 Å². The summed E-state index contributed by atoms with van der Waals surface area (Å²) in [5, 5.41) is 13.6. The van der Waals surface area contributed by atoms with Crippen LogP contribution < -0.4 is 14.8 Å². The van der Waals surface area contributed by atoms with Crippen molar-refractivity contribution in [3.05, 3.63) is 83.9 Å². The minimum atomic E-state index is -4.03. The molecule has 0 saturated heterocycles. The van der Waals surface area contributed by atoms with Crippen molar-refractivity contribution in [3.63, 3.8) is 0 Å². The molecule has 7 nitrogen and oxygen atoms in total. The van der Waals surface area contributed by atoms with Gasteiger partial charge < -0.3 is 15.2 Å². The van der Waals surface area contributed by atoms with Crippen LogP contribution in [-0.4, -0.2) is 38.6 Å². The van der Waals surface area contributed by atoms with Gasteiger partial charge in [0.25, 0.3) is 10.0 Å². The van der Waals surface area contributed by atoms with Gasteiger partial charge in [-0.2, -0.15) is 0 Å². The number of carbonyl (C=O) groups is 1. The fraction of sp³-hybridized carbons (Fsp3) is 0.367. The minimum Gasteiger partial charge on any atom is -0.489 e. The first kappa shape index (κ1) is 30.6. The van der Waals surface area contributed by atoms with E-state index in [1.807, 2.05) is 54.6 Å². The molecule has 4 rings (SSSR count). The number of benzene rings is 3. The summed E-state index contributed by atoms with van der Waals surface area (Å²) in [6.07, 6.45) is 5.27. The molecule has 1 aliphatic carbocycles. The summed E-state index contributed by atoms with van der Waals surface area (Å²) < 4.78 is 33.9. The standard InChI is InChI=1S/C30H36N2O5S.ClH/c1-22(33)32-38(35,36)30-17-16-26(20-29(30)37-27-10-6-3-7-11-27)24-14-12-23(13-15-24)18-19-31-21-28(34)25-8-4-2-5-9-25;/h2,4-5,8-9,12-17,20,27-28,31,34H,3,6-7,10-11,18-19,21H2,1H3,(H,32,33);1H/t28-;/m1./s1. The Morgan fingerprint density at radius 3 is 2.31 bits per heavy atom. The first-order chi connectivity index (χ1) is 18.3. The highest BCUT2D eigenvalue weighted by Crippen LogP contribution is 2.33. The van der Waals surface area contributed by atoms with Crippen molar-refractivity contribution < 1.29 is 23.1 Å². The van der Waals surface area contributed by atoms with Crippen LogP contribution in [0.2, 0.25) is 0 Å². The molecule has 0 radical (unpaired) electrons. The monoisotopic (exact) mass is 572 g/mol. The van der Waals surface area contributed by atoms with Gasteiger partial charge in [-0.15, -0.1) is 12.4 Å². The predicted octanol–water partition coefficient (Wildman–Crippen LogP) is 5.18.